The molecular formula is C62H120O6. The SMILES string of the molecule is CCCCCCCCCCCCC(=O)O[C@@H](COC(=O)CCCCCCCCCCCCCCCCCCCCC(C)CC)COC(=O)CCCCCCCCCCCCCCCCCC(C)C. The Balaban J connectivity index is 4.17. The topological polar surface area (TPSA) is 78.9 Å². The highest BCUT2D eigenvalue weighted by atomic mass is 16.6. The number of rotatable bonds is 56. The molecule has 0 aromatic rings. The zero-order valence-corrected chi connectivity index (χ0v) is 46.7. The third-order valence-corrected chi connectivity index (χ3v) is 14.6. The second-order valence-corrected chi connectivity index (χ2v) is 22.1. The highest BCUT2D eigenvalue weighted by Gasteiger charge is 2.19. The van der Waals surface area contributed by atoms with Crippen LogP contribution in [0.3, 0.4) is 0 Å². The van der Waals surface area contributed by atoms with Crippen LogP contribution in [0.15, 0.2) is 0 Å². The van der Waals surface area contributed by atoms with Crippen molar-refractivity contribution in [2.75, 3.05) is 13.2 Å². The Bertz CT molecular complexity index is 1040. The molecule has 0 heterocycles. The molecule has 6 nitrogen and oxygen atoms in total. The first-order valence-corrected chi connectivity index (χ1v) is 30.8. The molecule has 0 radical (unpaired) electrons. The number of hydrogen-bond acceptors (Lipinski definition) is 6. The predicted octanol–water partition coefficient (Wildman–Crippen LogP) is 20.4. The average molecular weight is 962 g/mol. The van der Waals surface area contributed by atoms with Crippen LogP contribution in [0.2, 0.25) is 0 Å². The van der Waals surface area contributed by atoms with Crippen molar-refractivity contribution in [3.8, 4) is 0 Å². The summed E-state index contributed by atoms with van der Waals surface area (Å²) < 4.78 is 16.9. The van der Waals surface area contributed by atoms with Gasteiger partial charge >= 0.3 is 17.9 Å². The monoisotopic (exact) mass is 961 g/mol. The van der Waals surface area contributed by atoms with Crippen molar-refractivity contribution in [3.05, 3.63) is 0 Å². The van der Waals surface area contributed by atoms with Gasteiger partial charge < -0.3 is 14.2 Å². The number of esters is 3. The van der Waals surface area contributed by atoms with Crippen molar-refractivity contribution < 1.29 is 28.6 Å². The second-order valence-electron chi connectivity index (χ2n) is 22.1. The Kier molecular flexibility index (Phi) is 53.5. The van der Waals surface area contributed by atoms with Crippen molar-refractivity contribution in [1.29, 1.82) is 0 Å². The average Bonchev–Trinajstić information content (AvgIpc) is 3.32. The van der Waals surface area contributed by atoms with Gasteiger partial charge in [-0.2, -0.15) is 0 Å². The fourth-order valence-electron chi connectivity index (χ4n) is 9.55. The van der Waals surface area contributed by atoms with Gasteiger partial charge in [-0.3, -0.25) is 14.4 Å². The molecule has 0 N–H and O–H groups in total. The number of ether oxygens (including phenoxy) is 3. The van der Waals surface area contributed by atoms with E-state index in [1.807, 2.05) is 0 Å². The summed E-state index contributed by atoms with van der Waals surface area (Å²) in [7, 11) is 0. The third-order valence-electron chi connectivity index (χ3n) is 14.6. The van der Waals surface area contributed by atoms with Gasteiger partial charge in [-0.05, 0) is 31.1 Å². The van der Waals surface area contributed by atoms with Gasteiger partial charge in [0, 0.05) is 19.3 Å². The van der Waals surface area contributed by atoms with Crippen LogP contribution in [0.25, 0.3) is 0 Å². The van der Waals surface area contributed by atoms with Gasteiger partial charge in [-0.25, -0.2) is 0 Å². The van der Waals surface area contributed by atoms with Gasteiger partial charge in [0.25, 0.3) is 0 Å². The van der Waals surface area contributed by atoms with E-state index >= 15 is 0 Å². The fraction of sp³-hybridized carbons (Fsp3) is 0.952. The molecule has 0 saturated heterocycles. The molecule has 0 amide bonds. The quantitative estimate of drug-likeness (QED) is 0.0343. The third kappa shape index (κ3) is 53.8. The largest absolute Gasteiger partial charge is 0.462 e. The number of carbonyl (C=O) groups is 3. The lowest BCUT2D eigenvalue weighted by atomic mass is 9.99. The summed E-state index contributed by atoms with van der Waals surface area (Å²) in [5.41, 5.74) is 0. The van der Waals surface area contributed by atoms with Crippen LogP contribution >= 0.6 is 0 Å². The van der Waals surface area contributed by atoms with Crippen molar-refractivity contribution >= 4 is 17.9 Å². The molecule has 0 aromatic heterocycles. The van der Waals surface area contributed by atoms with E-state index in [0.717, 1.165) is 69.6 Å². The summed E-state index contributed by atoms with van der Waals surface area (Å²) in [6.45, 7) is 11.5. The van der Waals surface area contributed by atoms with Gasteiger partial charge in [-0.15, -0.1) is 0 Å². The Morgan fingerprint density at radius 3 is 0.838 bits per heavy atom. The van der Waals surface area contributed by atoms with Gasteiger partial charge in [0.1, 0.15) is 13.2 Å². The highest BCUT2D eigenvalue weighted by molar-refractivity contribution is 5.71. The van der Waals surface area contributed by atoms with Crippen LogP contribution in [0.4, 0.5) is 0 Å². The molecule has 0 aromatic carbocycles. The molecule has 0 fully saturated rings. The van der Waals surface area contributed by atoms with E-state index < -0.39 is 6.10 Å². The highest BCUT2D eigenvalue weighted by Crippen LogP contribution is 2.19. The lowest BCUT2D eigenvalue weighted by Crippen LogP contribution is -2.30. The molecule has 68 heavy (non-hydrogen) atoms. The molecule has 0 bridgehead atoms. The zero-order valence-electron chi connectivity index (χ0n) is 46.7. The van der Waals surface area contributed by atoms with E-state index in [2.05, 4.69) is 34.6 Å². The van der Waals surface area contributed by atoms with Gasteiger partial charge in [0.15, 0.2) is 6.10 Å². The Morgan fingerprint density at radius 2 is 0.559 bits per heavy atom. The van der Waals surface area contributed by atoms with Crippen LogP contribution in [0.5, 0.6) is 0 Å². The molecule has 404 valence electrons. The molecule has 6 heteroatoms. The van der Waals surface area contributed by atoms with Crippen LogP contribution in [0.1, 0.15) is 349 Å². The molecule has 0 spiro atoms. The molecule has 0 aliphatic rings. The summed E-state index contributed by atoms with van der Waals surface area (Å²) >= 11 is 0. The minimum atomic E-state index is -0.762. The minimum absolute atomic E-state index is 0.0623. The lowest BCUT2D eigenvalue weighted by molar-refractivity contribution is -0.167. The first-order valence-electron chi connectivity index (χ1n) is 30.8. The normalized spacial score (nSPS) is 12.4. The predicted molar refractivity (Wildman–Crippen MR) is 293 cm³/mol. The van der Waals surface area contributed by atoms with E-state index in [4.69, 9.17) is 14.2 Å². The molecule has 0 saturated carbocycles. The first-order chi connectivity index (χ1) is 33.3. The van der Waals surface area contributed by atoms with E-state index in [1.165, 1.54) is 238 Å². The van der Waals surface area contributed by atoms with Crippen LogP contribution in [-0.2, 0) is 28.6 Å². The smallest absolute Gasteiger partial charge is 0.306 e. The maximum atomic E-state index is 12.8. The molecular weight excluding hydrogens is 841 g/mol. The van der Waals surface area contributed by atoms with Crippen molar-refractivity contribution in [1.82, 2.24) is 0 Å². The summed E-state index contributed by atoms with van der Waals surface area (Å²) in [4.78, 5) is 38.1. The van der Waals surface area contributed by atoms with E-state index in [9.17, 15) is 14.4 Å². The zero-order chi connectivity index (χ0) is 49.6. The lowest BCUT2D eigenvalue weighted by Gasteiger charge is -2.18. The maximum absolute atomic E-state index is 12.8. The summed E-state index contributed by atoms with van der Waals surface area (Å²) in [6.07, 6.45) is 59.6. The fourth-order valence-corrected chi connectivity index (χ4v) is 9.55. The Labute approximate surface area is 425 Å². The first kappa shape index (κ1) is 66.4. The van der Waals surface area contributed by atoms with E-state index in [0.29, 0.717) is 19.3 Å². The van der Waals surface area contributed by atoms with Crippen LogP contribution in [-0.4, -0.2) is 37.2 Å². The maximum Gasteiger partial charge on any atom is 0.306 e. The molecule has 0 rings (SSSR count). The van der Waals surface area contributed by atoms with Crippen molar-refractivity contribution in [3.63, 3.8) is 0 Å². The van der Waals surface area contributed by atoms with Crippen molar-refractivity contribution in [2.45, 2.75) is 355 Å². The summed E-state index contributed by atoms with van der Waals surface area (Å²) in [5, 5.41) is 0. The Morgan fingerprint density at radius 1 is 0.309 bits per heavy atom. The van der Waals surface area contributed by atoms with E-state index in [-0.39, 0.29) is 31.1 Å². The summed E-state index contributed by atoms with van der Waals surface area (Å²) in [6, 6.07) is 0. The van der Waals surface area contributed by atoms with E-state index in [1.54, 1.807) is 0 Å². The summed E-state index contributed by atoms with van der Waals surface area (Å²) in [5.74, 6) is 0.922. The molecule has 2 atom stereocenters. The standard InChI is InChI=1S/C62H120O6/c1-6-8-9-10-11-12-32-39-44-49-54-62(65)68-59(56-67-61(64)53-48-43-38-34-29-25-21-17-18-22-26-30-35-40-45-50-57(3)4)55-66-60(63)52-47-42-37-33-28-24-20-16-14-13-15-19-23-27-31-36-41-46-51-58(5)7-2/h57-59H,6-56H2,1-5H3/t58?,59-/m0/s1. The number of hydrogen-bond donors (Lipinski definition) is 0. The van der Waals surface area contributed by atoms with Crippen molar-refractivity contribution in [2.24, 2.45) is 11.8 Å². The minimum Gasteiger partial charge on any atom is -0.462 e. The molecule has 0 aliphatic heterocycles. The van der Waals surface area contributed by atoms with Gasteiger partial charge in [-0.1, -0.05) is 311 Å². The van der Waals surface area contributed by atoms with Gasteiger partial charge in [0.05, 0.1) is 0 Å². The number of carbonyl (C=O) groups excluding carboxylic acids is 3. The van der Waals surface area contributed by atoms with Crippen LogP contribution in [0, 0.1) is 11.8 Å². The number of unbranched alkanes of at least 4 members (excludes halogenated alkanes) is 40. The van der Waals surface area contributed by atoms with Crippen LogP contribution < -0.4 is 0 Å². The van der Waals surface area contributed by atoms with Gasteiger partial charge in [0.2, 0.25) is 0 Å². The molecule has 1 unspecified atom stereocenters. The Hall–Kier alpha value is -1.59. The second kappa shape index (κ2) is 54.7. The molecule has 0 aliphatic carbocycles.